The molecule has 1 aromatic carbocycles. The number of halogens is 1. The lowest BCUT2D eigenvalue weighted by Gasteiger charge is -2.06. The molecule has 0 fully saturated rings. The number of nitriles is 1. The fourth-order valence-electron chi connectivity index (χ4n) is 1.35. The number of hydrogen-bond donors (Lipinski definition) is 1. The molecule has 2 aromatic rings. The van der Waals surface area contributed by atoms with E-state index in [1.807, 2.05) is 6.92 Å². The van der Waals surface area contributed by atoms with Gasteiger partial charge in [-0.3, -0.25) is 0 Å². The Hall–Kier alpha value is -2.61. The third-order valence-electron chi connectivity index (χ3n) is 2.40. The van der Waals surface area contributed by atoms with Crippen molar-refractivity contribution in [3.05, 3.63) is 47.4 Å². The fraction of sp³-hybridized carbons (Fsp3) is 0.0769. The molecule has 0 radical (unpaired) electrons. The second-order valence-electron chi connectivity index (χ2n) is 3.73. The molecule has 5 heteroatoms. The van der Waals surface area contributed by atoms with E-state index in [9.17, 15) is 4.39 Å². The number of rotatable bonds is 2. The minimum absolute atomic E-state index is 0.0290. The van der Waals surface area contributed by atoms with Crippen LogP contribution < -0.4 is 10.5 Å². The molecule has 0 amide bonds. The van der Waals surface area contributed by atoms with Gasteiger partial charge in [0.2, 0.25) is 5.88 Å². The number of pyridine rings is 1. The largest absolute Gasteiger partial charge is 0.439 e. The van der Waals surface area contributed by atoms with E-state index >= 15 is 0 Å². The first-order valence-corrected chi connectivity index (χ1v) is 5.20. The Balaban J connectivity index is 2.26. The van der Waals surface area contributed by atoms with Gasteiger partial charge in [-0.25, -0.2) is 9.37 Å². The highest BCUT2D eigenvalue weighted by Crippen LogP contribution is 2.24. The normalized spacial score (nSPS) is 9.83. The lowest BCUT2D eigenvalue weighted by Crippen LogP contribution is -1.94. The van der Waals surface area contributed by atoms with Crippen LogP contribution in [0.2, 0.25) is 0 Å². The summed E-state index contributed by atoms with van der Waals surface area (Å²) in [5, 5.41) is 8.61. The van der Waals surface area contributed by atoms with Gasteiger partial charge in [-0.2, -0.15) is 5.26 Å². The van der Waals surface area contributed by atoms with Crippen molar-refractivity contribution in [2.24, 2.45) is 0 Å². The Labute approximate surface area is 103 Å². The van der Waals surface area contributed by atoms with Gasteiger partial charge in [0.1, 0.15) is 17.6 Å². The van der Waals surface area contributed by atoms with Crippen LogP contribution in [0, 0.1) is 24.1 Å². The van der Waals surface area contributed by atoms with Crippen molar-refractivity contribution in [3.63, 3.8) is 0 Å². The third kappa shape index (κ3) is 2.38. The molecule has 0 saturated heterocycles. The van der Waals surface area contributed by atoms with E-state index in [2.05, 4.69) is 4.98 Å². The zero-order chi connectivity index (χ0) is 13.1. The minimum atomic E-state index is -0.630. The second kappa shape index (κ2) is 4.72. The highest BCUT2D eigenvalue weighted by atomic mass is 19.1. The maximum Gasteiger partial charge on any atom is 0.221 e. The smallest absolute Gasteiger partial charge is 0.221 e. The van der Waals surface area contributed by atoms with E-state index in [1.54, 1.807) is 18.3 Å². The second-order valence-corrected chi connectivity index (χ2v) is 3.73. The number of nitrogens with two attached hydrogens (primary N) is 1. The van der Waals surface area contributed by atoms with Crippen molar-refractivity contribution in [2.75, 3.05) is 5.73 Å². The van der Waals surface area contributed by atoms with Crippen LogP contribution in [0.4, 0.5) is 10.1 Å². The molecule has 90 valence electrons. The van der Waals surface area contributed by atoms with Gasteiger partial charge in [-0.1, -0.05) is 0 Å². The van der Waals surface area contributed by atoms with E-state index in [1.165, 1.54) is 12.1 Å². The predicted molar refractivity (Wildman–Crippen MR) is 64.6 cm³/mol. The first kappa shape index (κ1) is 11.9. The molecule has 1 aromatic heterocycles. The van der Waals surface area contributed by atoms with Gasteiger partial charge in [0.15, 0.2) is 0 Å². The Kier molecular flexibility index (Phi) is 3.11. The van der Waals surface area contributed by atoms with E-state index < -0.39 is 5.82 Å². The van der Waals surface area contributed by atoms with Crippen LogP contribution in [0.3, 0.4) is 0 Å². The van der Waals surface area contributed by atoms with Crippen LogP contribution >= 0.6 is 0 Å². The molecule has 0 aliphatic heterocycles. The zero-order valence-corrected chi connectivity index (χ0v) is 9.64. The number of aromatic nitrogens is 1. The average Bonchev–Trinajstić information content (AvgIpc) is 2.34. The molecule has 0 aliphatic carbocycles. The number of aryl methyl sites for hydroxylation is 1. The van der Waals surface area contributed by atoms with Gasteiger partial charge in [-0.15, -0.1) is 0 Å². The van der Waals surface area contributed by atoms with E-state index in [0.29, 0.717) is 5.69 Å². The lowest BCUT2D eigenvalue weighted by molar-refractivity contribution is 0.458. The average molecular weight is 243 g/mol. The Morgan fingerprint density at radius 1 is 1.39 bits per heavy atom. The summed E-state index contributed by atoms with van der Waals surface area (Å²) in [6.07, 6.45) is 1.57. The number of hydrogen-bond acceptors (Lipinski definition) is 4. The molecule has 0 unspecified atom stereocenters. The molecule has 18 heavy (non-hydrogen) atoms. The number of benzene rings is 1. The summed E-state index contributed by atoms with van der Waals surface area (Å²) in [7, 11) is 0. The highest BCUT2D eigenvalue weighted by molar-refractivity contribution is 5.48. The van der Waals surface area contributed by atoms with Gasteiger partial charge >= 0.3 is 0 Å². The molecule has 0 spiro atoms. The first-order valence-electron chi connectivity index (χ1n) is 5.20. The van der Waals surface area contributed by atoms with Crippen molar-refractivity contribution in [1.82, 2.24) is 4.98 Å². The Morgan fingerprint density at radius 3 is 2.78 bits per heavy atom. The van der Waals surface area contributed by atoms with Gasteiger partial charge in [0, 0.05) is 24.0 Å². The summed E-state index contributed by atoms with van der Waals surface area (Å²) in [5.41, 5.74) is 7.07. The monoisotopic (exact) mass is 243 g/mol. The zero-order valence-electron chi connectivity index (χ0n) is 9.64. The quantitative estimate of drug-likeness (QED) is 0.880. The van der Waals surface area contributed by atoms with Crippen LogP contribution in [-0.4, -0.2) is 4.98 Å². The van der Waals surface area contributed by atoms with Crippen molar-refractivity contribution >= 4 is 5.69 Å². The molecule has 4 nitrogen and oxygen atoms in total. The summed E-state index contributed by atoms with van der Waals surface area (Å²) in [5.74, 6) is -0.0838. The highest BCUT2D eigenvalue weighted by Gasteiger charge is 2.06. The van der Waals surface area contributed by atoms with E-state index in [-0.39, 0.29) is 17.2 Å². The minimum Gasteiger partial charge on any atom is -0.439 e. The molecule has 0 atom stereocenters. The van der Waals surface area contributed by atoms with Gasteiger partial charge in [0.05, 0.1) is 5.56 Å². The van der Waals surface area contributed by atoms with E-state index in [4.69, 9.17) is 15.7 Å². The summed E-state index contributed by atoms with van der Waals surface area (Å²) in [4.78, 5) is 4.02. The molecular weight excluding hydrogens is 233 g/mol. The third-order valence-corrected chi connectivity index (χ3v) is 2.40. The van der Waals surface area contributed by atoms with Crippen molar-refractivity contribution in [3.8, 4) is 17.7 Å². The Bertz CT molecular complexity index is 635. The van der Waals surface area contributed by atoms with Gasteiger partial charge in [0.25, 0.3) is 0 Å². The predicted octanol–water partition coefficient (Wildman–Crippen LogP) is 2.78. The molecule has 1 heterocycles. The van der Waals surface area contributed by atoms with Gasteiger partial charge < -0.3 is 10.5 Å². The maximum atomic E-state index is 13.3. The van der Waals surface area contributed by atoms with Crippen LogP contribution in [-0.2, 0) is 0 Å². The van der Waals surface area contributed by atoms with E-state index in [0.717, 1.165) is 11.6 Å². The molecule has 0 aliphatic rings. The summed E-state index contributed by atoms with van der Waals surface area (Å²) in [6, 6.07) is 7.28. The molecule has 0 saturated carbocycles. The molecule has 2 rings (SSSR count). The molecule has 0 bridgehead atoms. The SMILES string of the molecule is Cc1cnc(Oc2ccc(C#N)c(F)c2)cc1N. The summed E-state index contributed by atoms with van der Waals surface area (Å²) in [6.45, 7) is 1.83. The van der Waals surface area contributed by atoms with Crippen LogP contribution in [0.15, 0.2) is 30.5 Å². The summed E-state index contributed by atoms with van der Waals surface area (Å²) >= 11 is 0. The Morgan fingerprint density at radius 2 is 2.17 bits per heavy atom. The standard InChI is InChI=1S/C13H10FN3O/c1-8-7-17-13(5-12(8)16)18-10-3-2-9(6-15)11(14)4-10/h2-5,7H,1H3,(H2,16,17). The summed E-state index contributed by atoms with van der Waals surface area (Å²) < 4.78 is 18.7. The number of ether oxygens (including phenoxy) is 1. The fourth-order valence-corrected chi connectivity index (χ4v) is 1.35. The number of nitrogen functional groups attached to an aromatic ring is 1. The van der Waals surface area contributed by atoms with Crippen molar-refractivity contribution in [2.45, 2.75) is 6.92 Å². The molecule has 2 N–H and O–H groups in total. The molecular formula is C13H10FN3O. The lowest BCUT2D eigenvalue weighted by atomic mass is 10.2. The van der Waals surface area contributed by atoms with Crippen LogP contribution in [0.1, 0.15) is 11.1 Å². The number of nitrogens with zero attached hydrogens (tertiary/aromatic N) is 2. The van der Waals surface area contributed by atoms with Crippen molar-refractivity contribution < 1.29 is 9.13 Å². The first-order chi connectivity index (χ1) is 8.60. The van der Waals surface area contributed by atoms with Crippen molar-refractivity contribution in [1.29, 1.82) is 5.26 Å². The van der Waals surface area contributed by atoms with Gasteiger partial charge in [-0.05, 0) is 24.6 Å². The van der Waals surface area contributed by atoms with Crippen LogP contribution in [0.5, 0.6) is 11.6 Å². The maximum absolute atomic E-state index is 13.3. The topological polar surface area (TPSA) is 71.9 Å². The van der Waals surface area contributed by atoms with Crippen LogP contribution in [0.25, 0.3) is 0 Å². The number of anilines is 1.